The molecule has 3 rings (SSSR count). The van der Waals surface area contributed by atoms with Crippen molar-refractivity contribution >= 4 is 14.6 Å². The van der Waals surface area contributed by atoms with Crippen molar-refractivity contribution in [1.82, 2.24) is 0 Å². The van der Waals surface area contributed by atoms with Gasteiger partial charge in [-0.3, -0.25) is 0 Å². The molecule has 0 unspecified atom stereocenters. The highest BCUT2D eigenvalue weighted by atomic mass is 28.4. The Morgan fingerprint density at radius 3 is 2.66 bits per heavy atom. The fraction of sp³-hybridized carbons (Fsp3) is 0.708. The summed E-state index contributed by atoms with van der Waals surface area (Å²) in [5.41, 5.74) is 1.73. The van der Waals surface area contributed by atoms with Crippen LogP contribution in [-0.4, -0.2) is 27.3 Å². The molecule has 4 atom stereocenters. The van der Waals surface area contributed by atoms with Crippen LogP contribution in [0.3, 0.4) is 0 Å². The van der Waals surface area contributed by atoms with Crippen LogP contribution in [0.1, 0.15) is 78.0 Å². The molecule has 2 aliphatic rings. The van der Waals surface area contributed by atoms with Crippen molar-refractivity contribution in [2.24, 2.45) is 5.41 Å². The van der Waals surface area contributed by atoms with Crippen LogP contribution in [0.2, 0.25) is 18.1 Å². The molecule has 0 N–H and O–H groups in total. The molecule has 0 amide bonds. The number of ether oxygens (including phenoxy) is 1. The van der Waals surface area contributed by atoms with Crippen LogP contribution in [0.4, 0.5) is 0 Å². The zero-order valence-corrected chi connectivity index (χ0v) is 20.4. The molecule has 0 radical (unpaired) electrons. The summed E-state index contributed by atoms with van der Waals surface area (Å²) in [6, 6.07) is 2.05. The van der Waals surface area contributed by atoms with Crippen molar-refractivity contribution in [3.63, 3.8) is 0 Å². The average molecular weight is 419 g/mol. The molecule has 1 heterocycles. The van der Waals surface area contributed by atoms with E-state index in [4.69, 9.17) is 13.6 Å². The van der Waals surface area contributed by atoms with Gasteiger partial charge in [-0.05, 0) is 56.0 Å². The van der Waals surface area contributed by atoms with Gasteiger partial charge in [-0.25, -0.2) is 0 Å². The third kappa shape index (κ3) is 3.30. The first-order valence-corrected chi connectivity index (χ1v) is 13.9. The van der Waals surface area contributed by atoms with Crippen LogP contribution in [-0.2, 0) is 19.6 Å². The standard InChI is InChI=1S/C24H38O4Si/c1-9-23-16-17(2)21-20(11-14-26-21)24(23,27-15-13-25)12-10-19(23)18(3)28-29(7,8)22(4,5)6/h10-11,13-14,17-18H,9,12,15-16H2,1-8H3/t17-,18-,23-,24+/m1/s1. The van der Waals surface area contributed by atoms with Gasteiger partial charge in [-0.1, -0.05) is 40.7 Å². The average Bonchev–Trinajstić information content (AvgIpc) is 3.23. The molecular weight excluding hydrogens is 380 g/mol. The SMILES string of the molecule is CC[C@]12C[C@@H](C)c3occc3[C@@]1(OCC=O)CC=C2[C@@H](C)O[Si](C)(C)C(C)(C)C. The second kappa shape index (κ2) is 7.51. The zero-order chi connectivity index (χ0) is 21.7. The van der Waals surface area contributed by atoms with Crippen molar-refractivity contribution in [2.45, 2.75) is 96.6 Å². The number of carbonyl (C=O) groups excluding carboxylic acids is 1. The van der Waals surface area contributed by atoms with Gasteiger partial charge in [0.25, 0.3) is 0 Å². The van der Waals surface area contributed by atoms with Gasteiger partial charge in [0.05, 0.1) is 12.4 Å². The van der Waals surface area contributed by atoms with Crippen molar-refractivity contribution in [2.75, 3.05) is 6.61 Å². The predicted molar refractivity (Wildman–Crippen MR) is 119 cm³/mol. The van der Waals surface area contributed by atoms with E-state index in [1.54, 1.807) is 6.26 Å². The van der Waals surface area contributed by atoms with Crippen LogP contribution >= 0.6 is 0 Å². The van der Waals surface area contributed by atoms with Crippen LogP contribution < -0.4 is 0 Å². The summed E-state index contributed by atoms with van der Waals surface area (Å²) < 4.78 is 19.1. The van der Waals surface area contributed by atoms with E-state index in [2.05, 4.69) is 66.8 Å². The van der Waals surface area contributed by atoms with E-state index in [9.17, 15) is 4.79 Å². The van der Waals surface area contributed by atoms with Crippen LogP contribution in [0, 0.1) is 5.41 Å². The zero-order valence-electron chi connectivity index (χ0n) is 19.4. The maximum absolute atomic E-state index is 11.3. The molecule has 0 saturated carbocycles. The molecule has 5 heteroatoms. The monoisotopic (exact) mass is 418 g/mol. The van der Waals surface area contributed by atoms with Crippen molar-refractivity contribution < 1.29 is 18.4 Å². The van der Waals surface area contributed by atoms with E-state index in [1.807, 2.05) is 0 Å². The molecule has 1 aromatic heterocycles. The number of rotatable bonds is 7. The quantitative estimate of drug-likeness (QED) is 0.295. The van der Waals surface area contributed by atoms with Gasteiger partial charge in [0.15, 0.2) is 8.32 Å². The van der Waals surface area contributed by atoms with E-state index >= 15 is 0 Å². The van der Waals surface area contributed by atoms with Crippen molar-refractivity contribution in [3.05, 3.63) is 35.3 Å². The number of fused-ring (bicyclic) bond motifs is 3. The topological polar surface area (TPSA) is 48.7 Å². The molecule has 1 aromatic rings. The molecule has 162 valence electrons. The predicted octanol–water partition coefficient (Wildman–Crippen LogP) is 6.33. The van der Waals surface area contributed by atoms with Gasteiger partial charge in [-0.15, -0.1) is 0 Å². The van der Waals surface area contributed by atoms with Gasteiger partial charge in [0.2, 0.25) is 0 Å². The fourth-order valence-corrected chi connectivity index (χ4v) is 6.87. The number of furan rings is 1. The second-order valence-corrected chi connectivity index (χ2v) is 15.2. The largest absolute Gasteiger partial charge is 0.469 e. The highest BCUT2D eigenvalue weighted by Gasteiger charge is 2.63. The molecule has 2 aliphatic carbocycles. The molecule has 0 aromatic carbocycles. The van der Waals surface area contributed by atoms with Crippen LogP contribution in [0.5, 0.6) is 0 Å². The van der Waals surface area contributed by atoms with Crippen LogP contribution in [0.15, 0.2) is 28.4 Å². The van der Waals surface area contributed by atoms with Gasteiger partial charge in [0, 0.05) is 16.9 Å². The number of hydrogen-bond donors (Lipinski definition) is 0. The highest BCUT2D eigenvalue weighted by molar-refractivity contribution is 6.74. The minimum Gasteiger partial charge on any atom is -0.469 e. The number of hydrogen-bond acceptors (Lipinski definition) is 4. The Balaban J connectivity index is 2.05. The van der Waals surface area contributed by atoms with E-state index in [-0.39, 0.29) is 23.2 Å². The van der Waals surface area contributed by atoms with E-state index in [0.29, 0.717) is 5.92 Å². The van der Waals surface area contributed by atoms with E-state index in [1.165, 1.54) is 5.57 Å². The summed E-state index contributed by atoms with van der Waals surface area (Å²) >= 11 is 0. The molecule has 0 fully saturated rings. The first-order chi connectivity index (χ1) is 13.5. The summed E-state index contributed by atoms with van der Waals surface area (Å²) in [6.45, 7) is 18.2. The Bertz CT molecular complexity index is 787. The molecule has 0 aliphatic heterocycles. The molecule has 0 bridgehead atoms. The Labute approximate surface area is 177 Å². The molecule has 29 heavy (non-hydrogen) atoms. The van der Waals surface area contributed by atoms with Gasteiger partial charge >= 0.3 is 0 Å². The Hall–Kier alpha value is -1.17. The normalized spacial score (nSPS) is 30.5. The van der Waals surface area contributed by atoms with E-state index < -0.39 is 13.9 Å². The Morgan fingerprint density at radius 1 is 1.38 bits per heavy atom. The van der Waals surface area contributed by atoms with Crippen LogP contribution in [0.25, 0.3) is 0 Å². The molecule has 0 spiro atoms. The maximum Gasteiger partial charge on any atom is 0.192 e. The van der Waals surface area contributed by atoms with Gasteiger partial charge in [-0.2, -0.15) is 0 Å². The Kier molecular flexibility index (Phi) is 5.83. The summed E-state index contributed by atoms with van der Waals surface area (Å²) in [7, 11) is -1.92. The van der Waals surface area contributed by atoms with Gasteiger partial charge < -0.3 is 18.4 Å². The van der Waals surface area contributed by atoms with E-state index in [0.717, 1.165) is 36.9 Å². The lowest BCUT2D eigenvalue weighted by Gasteiger charge is -2.53. The lowest BCUT2D eigenvalue weighted by atomic mass is 9.57. The Morgan fingerprint density at radius 2 is 2.07 bits per heavy atom. The minimum atomic E-state index is -1.92. The smallest absolute Gasteiger partial charge is 0.192 e. The number of aldehydes is 1. The first-order valence-electron chi connectivity index (χ1n) is 11.0. The van der Waals surface area contributed by atoms with Crippen molar-refractivity contribution in [3.8, 4) is 0 Å². The third-order valence-electron chi connectivity index (χ3n) is 7.88. The summed E-state index contributed by atoms with van der Waals surface area (Å²) in [5, 5.41) is 0.155. The lowest BCUT2D eigenvalue weighted by Crippen LogP contribution is -2.52. The molecule has 4 nitrogen and oxygen atoms in total. The second-order valence-electron chi connectivity index (χ2n) is 10.4. The molecular formula is C24H38O4Si. The van der Waals surface area contributed by atoms with Gasteiger partial charge in [0.1, 0.15) is 24.3 Å². The highest BCUT2D eigenvalue weighted by Crippen LogP contribution is 2.66. The summed E-state index contributed by atoms with van der Waals surface area (Å²) in [5.74, 6) is 1.31. The minimum absolute atomic E-state index is 0.0261. The van der Waals surface area contributed by atoms with Crippen molar-refractivity contribution in [1.29, 1.82) is 0 Å². The third-order valence-corrected chi connectivity index (χ3v) is 12.4. The first kappa shape index (κ1) is 22.5. The maximum atomic E-state index is 11.3. The lowest BCUT2D eigenvalue weighted by molar-refractivity contribution is -0.146. The molecule has 0 saturated heterocycles. The number of carbonyl (C=O) groups is 1. The fourth-order valence-electron chi connectivity index (χ4n) is 5.50. The summed E-state index contributed by atoms with van der Waals surface area (Å²) in [6.07, 6.45) is 7.64. The summed E-state index contributed by atoms with van der Waals surface area (Å²) in [4.78, 5) is 11.3.